The number of rotatable bonds is 4. The van der Waals surface area contributed by atoms with Crippen LogP contribution in [0.25, 0.3) is 0 Å². The maximum Gasteiger partial charge on any atom is 0.410 e. The van der Waals surface area contributed by atoms with Crippen molar-refractivity contribution < 1.29 is 24.1 Å². The van der Waals surface area contributed by atoms with Crippen LogP contribution in [-0.4, -0.2) is 46.5 Å². The number of ether oxygens (including phenoxy) is 3. The van der Waals surface area contributed by atoms with Crippen molar-refractivity contribution in [3.05, 3.63) is 23.8 Å². The highest BCUT2D eigenvalue weighted by Gasteiger charge is 2.53. The van der Waals surface area contributed by atoms with Gasteiger partial charge in [-0.05, 0) is 71.4 Å². The summed E-state index contributed by atoms with van der Waals surface area (Å²) >= 11 is 0. The molecule has 0 radical (unpaired) electrons. The number of hydrogen-bond acceptors (Lipinski definition) is 5. The molecule has 0 spiro atoms. The maximum atomic E-state index is 12.7. The highest BCUT2D eigenvalue weighted by atomic mass is 16.6. The number of benzene rings is 1. The number of aromatic hydroxyl groups is 1. The first-order valence-electron chi connectivity index (χ1n) is 12.6. The van der Waals surface area contributed by atoms with E-state index in [1.165, 1.54) is 0 Å². The zero-order valence-corrected chi connectivity index (χ0v) is 21.1. The summed E-state index contributed by atoms with van der Waals surface area (Å²) in [5.41, 5.74) is 0.162. The summed E-state index contributed by atoms with van der Waals surface area (Å²) < 4.78 is 19.0. The fourth-order valence-electron chi connectivity index (χ4n) is 5.77. The minimum atomic E-state index is -0.496. The predicted molar refractivity (Wildman–Crippen MR) is 127 cm³/mol. The molecule has 6 heteroatoms. The number of phenolic OH excluding ortho intramolecular Hbond substituents is 1. The molecule has 5 atom stereocenters. The van der Waals surface area contributed by atoms with Crippen molar-refractivity contribution in [2.75, 3.05) is 13.1 Å². The zero-order valence-electron chi connectivity index (χ0n) is 21.1. The molecule has 1 aromatic carbocycles. The van der Waals surface area contributed by atoms with E-state index in [0.717, 1.165) is 43.4 Å². The number of carbonyl (C=O) groups is 1. The van der Waals surface area contributed by atoms with E-state index in [1.807, 2.05) is 31.7 Å². The van der Waals surface area contributed by atoms with Gasteiger partial charge in [-0.25, -0.2) is 4.79 Å². The van der Waals surface area contributed by atoms with Gasteiger partial charge in [-0.1, -0.05) is 20.3 Å². The lowest BCUT2D eigenvalue weighted by Gasteiger charge is -2.54. The van der Waals surface area contributed by atoms with Gasteiger partial charge in [0.05, 0.1) is 12.2 Å². The van der Waals surface area contributed by atoms with E-state index >= 15 is 0 Å². The van der Waals surface area contributed by atoms with Crippen LogP contribution in [0.3, 0.4) is 0 Å². The van der Waals surface area contributed by atoms with Gasteiger partial charge >= 0.3 is 6.09 Å². The molecule has 2 fully saturated rings. The van der Waals surface area contributed by atoms with E-state index in [2.05, 4.69) is 20.8 Å². The molecule has 0 saturated carbocycles. The molecular weight excluding hydrogens is 418 g/mol. The molecule has 1 amide bonds. The lowest BCUT2D eigenvalue weighted by Crippen LogP contribution is -2.57. The minimum absolute atomic E-state index is 0.0484. The van der Waals surface area contributed by atoms with Crippen LogP contribution < -0.4 is 4.74 Å². The summed E-state index contributed by atoms with van der Waals surface area (Å²) in [6.07, 6.45) is 4.78. The van der Waals surface area contributed by atoms with Gasteiger partial charge in [-0.2, -0.15) is 0 Å². The Morgan fingerprint density at radius 2 is 2.09 bits per heavy atom. The molecule has 3 aliphatic rings. The Bertz CT molecular complexity index is 863. The molecule has 3 aliphatic heterocycles. The monoisotopic (exact) mass is 459 g/mol. The molecular formula is C27H41NO5. The zero-order chi connectivity index (χ0) is 24.0. The Hall–Kier alpha value is -1.95. The molecule has 4 rings (SSSR count). The second kappa shape index (κ2) is 9.01. The van der Waals surface area contributed by atoms with E-state index in [9.17, 15) is 9.90 Å². The molecule has 0 aromatic heterocycles. The Morgan fingerprint density at radius 3 is 2.79 bits per heavy atom. The largest absolute Gasteiger partial charge is 0.508 e. The lowest BCUT2D eigenvalue weighted by molar-refractivity contribution is -0.191. The van der Waals surface area contributed by atoms with E-state index in [-0.39, 0.29) is 41.5 Å². The normalized spacial score (nSPS) is 31.3. The number of carbonyl (C=O) groups excluding carboxylic acids is 1. The maximum absolute atomic E-state index is 12.7. The van der Waals surface area contributed by atoms with Gasteiger partial charge in [0.15, 0.2) is 0 Å². The first kappa shape index (κ1) is 24.2. The number of amides is 1. The van der Waals surface area contributed by atoms with Crippen LogP contribution in [0.4, 0.5) is 4.79 Å². The Labute approximate surface area is 198 Å². The van der Waals surface area contributed by atoms with Crippen LogP contribution in [0.5, 0.6) is 11.5 Å². The second-order valence-electron chi connectivity index (χ2n) is 11.8. The fourth-order valence-corrected chi connectivity index (χ4v) is 5.77. The van der Waals surface area contributed by atoms with Gasteiger partial charge < -0.3 is 24.2 Å². The van der Waals surface area contributed by atoms with Crippen molar-refractivity contribution in [3.63, 3.8) is 0 Å². The van der Waals surface area contributed by atoms with Crippen molar-refractivity contribution >= 4 is 6.09 Å². The number of nitrogens with zero attached hydrogens (tertiary/aromatic N) is 1. The number of likely N-dealkylation sites (tertiary alicyclic amines) is 1. The van der Waals surface area contributed by atoms with E-state index in [4.69, 9.17) is 14.2 Å². The van der Waals surface area contributed by atoms with Gasteiger partial charge in [0, 0.05) is 36.6 Å². The van der Waals surface area contributed by atoms with Gasteiger partial charge in [-0.15, -0.1) is 0 Å². The molecule has 1 N–H and O–H groups in total. The van der Waals surface area contributed by atoms with E-state index < -0.39 is 5.60 Å². The van der Waals surface area contributed by atoms with Crippen LogP contribution in [0.15, 0.2) is 18.2 Å². The van der Waals surface area contributed by atoms with Crippen molar-refractivity contribution in [2.24, 2.45) is 17.8 Å². The van der Waals surface area contributed by atoms with E-state index in [0.29, 0.717) is 19.0 Å². The fraction of sp³-hybridized carbons (Fsp3) is 0.741. The van der Waals surface area contributed by atoms with Crippen molar-refractivity contribution in [1.82, 2.24) is 4.90 Å². The second-order valence-corrected chi connectivity index (χ2v) is 11.8. The molecule has 0 aliphatic carbocycles. The van der Waals surface area contributed by atoms with Gasteiger partial charge in [0.1, 0.15) is 22.7 Å². The third-order valence-electron chi connectivity index (χ3n) is 7.45. The summed E-state index contributed by atoms with van der Waals surface area (Å²) in [7, 11) is 0. The van der Waals surface area contributed by atoms with Gasteiger partial charge in [0.25, 0.3) is 0 Å². The quantitative estimate of drug-likeness (QED) is 0.592. The molecule has 3 heterocycles. The molecule has 2 saturated heterocycles. The Kier molecular flexibility index (Phi) is 6.60. The van der Waals surface area contributed by atoms with Crippen molar-refractivity contribution in [3.8, 4) is 11.5 Å². The number of fused-ring (bicyclic) bond motifs is 4. The van der Waals surface area contributed by atoms with Crippen LogP contribution in [0, 0.1) is 17.8 Å². The average Bonchev–Trinajstić information content (AvgIpc) is 2.70. The summed E-state index contributed by atoms with van der Waals surface area (Å²) in [4.78, 5) is 14.6. The molecule has 1 aromatic rings. The van der Waals surface area contributed by atoms with Gasteiger partial charge in [-0.3, -0.25) is 0 Å². The lowest BCUT2D eigenvalue weighted by atomic mass is 9.68. The molecule has 0 unspecified atom stereocenters. The molecule has 0 bridgehead atoms. The smallest absolute Gasteiger partial charge is 0.410 e. The first-order chi connectivity index (χ1) is 15.4. The van der Waals surface area contributed by atoms with Crippen LogP contribution in [-0.2, 0) is 9.47 Å². The van der Waals surface area contributed by atoms with Crippen LogP contribution in [0.1, 0.15) is 85.3 Å². The Balaban J connectivity index is 1.56. The molecule has 6 nitrogen and oxygen atoms in total. The topological polar surface area (TPSA) is 68.2 Å². The minimum Gasteiger partial charge on any atom is -0.508 e. The highest BCUT2D eigenvalue weighted by molar-refractivity contribution is 5.68. The van der Waals surface area contributed by atoms with Crippen LogP contribution in [0.2, 0.25) is 0 Å². The third-order valence-corrected chi connectivity index (χ3v) is 7.45. The van der Waals surface area contributed by atoms with Gasteiger partial charge in [0.2, 0.25) is 0 Å². The van der Waals surface area contributed by atoms with E-state index in [1.54, 1.807) is 12.1 Å². The summed E-state index contributed by atoms with van der Waals surface area (Å²) in [5, 5.41) is 10.1. The summed E-state index contributed by atoms with van der Waals surface area (Å²) in [6.45, 7) is 13.7. The SMILES string of the molecule is CC(C)CCC[C@@]1(C)Oc2cc(O)ccc2[C@@H]2O[C@@H]3CCN(C(=O)OC(C)(C)C)C[C@@H]3C[C@H]21. The molecule has 184 valence electrons. The standard InChI is InChI=1S/C27H41NO5/c1-17(2)8-7-12-27(6)21-14-18-16-28(25(30)33-26(3,4)5)13-11-22(18)31-24(21)20-10-9-19(29)15-23(20)32-27/h9-10,15,17-18,21-22,24,29H,7-8,11-14,16H2,1-6H3/t18-,21+,22+,24-,27+/m0/s1. The Morgan fingerprint density at radius 1 is 1.33 bits per heavy atom. The summed E-state index contributed by atoms with van der Waals surface area (Å²) in [5.74, 6) is 2.07. The average molecular weight is 460 g/mol. The highest BCUT2D eigenvalue weighted by Crippen LogP contribution is 2.54. The third kappa shape index (κ3) is 5.26. The number of phenols is 1. The summed E-state index contributed by atoms with van der Waals surface area (Å²) in [6, 6.07) is 5.40. The first-order valence-corrected chi connectivity index (χ1v) is 12.6. The molecule has 33 heavy (non-hydrogen) atoms. The number of hydrogen-bond donors (Lipinski definition) is 1. The predicted octanol–water partition coefficient (Wildman–Crippen LogP) is 6.07. The number of piperidine rings is 1. The van der Waals surface area contributed by atoms with Crippen LogP contribution >= 0.6 is 0 Å². The van der Waals surface area contributed by atoms with Crippen molar-refractivity contribution in [1.29, 1.82) is 0 Å². The van der Waals surface area contributed by atoms with Crippen molar-refractivity contribution in [2.45, 2.75) is 97.1 Å².